The minimum atomic E-state index is 0.344. The Balaban J connectivity index is 1.78. The van der Waals surface area contributed by atoms with Crippen LogP contribution in [0.3, 0.4) is 0 Å². The van der Waals surface area contributed by atoms with Gasteiger partial charge in [-0.3, -0.25) is 0 Å². The van der Waals surface area contributed by atoms with E-state index in [2.05, 4.69) is 10.5 Å². The van der Waals surface area contributed by atoms with E-state index < -0.39 is 0 Å². The Hall–Kier alpha value is -0.870. The molecule has 0 spiro atoms. The molecule has 1 saturated heterocycles. The molecular weight excluding hydrogens is 168 g/mol. The normalized spacial score (nSPS) is 22.4. The lowest BCUT2D eigenvalue weighted by Crippen LogP contribution is -2.16. The topological polar surface area (TPSA) is 47.3 Å². The van der Waals surface area contributed by atoms with Crippen molar-refractivity contribution in [2.45, 2.75) is 26.1 Å². The fraction of sp³-hybridized carbons (Fsp3) is 0.667. The van der Waals surface area contributed by atoms with Gasteiger partial charge in [0.15, 0.2) is 0 Å². The second-order valence-corrected chi connectivity index (χ2v) is 3.35. The maximum Gasteiger partial charge on any atom is 0.134 e. The highest BCUT2D eigenvalue weighted by Crippen LogP contribution is 2.08. The van der Waals surface area contributed by atoms with Crippen LogP contribution in [0.4, 0.5) is 0 Å². The van der Waals surface area contributed by atoms with E-state index in [9.17, 15) is 0 Å². The summed E-state index contributed by atoms with van der Waals surface area (Å²) in [7, 11) is 0. The molecule has 0 saturated carbocycles. The highest BCUT2D eigenvalue weighted by Gasteiger charge is 2.15. The van der Waals surface area contributed by atoms with Crippen molar-refractivity contribution in [3.05, 3.63) is 17.5 Å². The van der Waals surface area contributed by atoms with Crippen LogP contribution in [0.25, 0.3) is 0 Å². The molecule has 4 nitrogen and oxygen atoms in total. The van der Waals surface area contributed by atoms with E-state index in [1.54, 1.807) is 0 Å². The Kier molecular flexibility index (Phi) is 2.61. The number of aryl methyl sites for hydroxylation is 1. The van der Waals surface area contributed by atoms with Crippen LogP contribution in [-0.4, -0.2) is 24.4 Å². The van der Waals surface area contributed by atoms with Crippen LogP contribution in [-0.2, 0) is 11.3 Å². The second kappa shape index (κ2) is 3.89. The molecule has 2 heterocycles. The lowest BCUT2D eigenvalue weighted by molar-refractivity contribution is 0.0507. The molecule has 4 heteroatoms. The minimum Gasteiger partial charge on any atom is -0.370 e. The fourth-order valence-electron chi connectivity index (χ4n) is 1.46. The van der Waals surface area contributed by atoms with Crippen LogP contribution >= 0.6 is 0 Å². The van der Waals surface area contributed by atoms with Crippen molar-refractivity contribution in [1.29, 1.82) is 0 Å². The van der Waals surface area contributed by atoms with Gasteiger partial charge in [0.2, 0.25) is 0 Å². The van der Waals surface area contributed by atoms with Crippen molar-refractivity contribution in [2.24, 2.45) is 0 Å². The molecule has 13 heavy (non-hydrogen) atoms. The van der Waals surface area contributed by atoms with Crippen LogP contribution in [0.1, 0.15) is 17.9 Å². The van der Waals surface area contributed by atoms with Gasteiger partial charge in [-0.15, -0.1) is 0 Å². The van der Waals surface area contributed by atoms with Crippen molar-refractivity contribution in [3.63, 3.8) is 0 Å². The van der Waals surface area contributed by atoms with Crippen LogP contribution < -0.4 is 5.32 Å². The molecule has 1 aromatic heterocycles. The van der Waals surface area contributed by atoms with Crippen molar-refractivity contribution < 1.29 is 9.26 Å². The van der Waals surface area contributed by atoms with E-state index >= 15 is 0 Å². The molecule has 1 aliphatic rings. The SMILES string of the molecule is Cc1cc(COC2CCNC2)no1. The number of hydrogen-bond acceptors (Lipinski definition) is 4. The summed E-state index contributed by atoms with van der Waals surface area (Å²) in [6.07, 6.45) is 1.44. The molecule has 0 radical (unpaired) electrons. The highest BCUT2D eigenvalue weighted by atomic mass is 16.5. The molecular formula is C9H14N2O2. The summed E-state index contributed by atoms with van der Waals surface area (Å²) < 4.78 is 10.6. The summed E-state index contributed by atoms with van der Waals surface area (Å²) in [6.45, 7) is 4.46. The first kappa shape index (κ1) is 8.72. The van der Waals surface area contributed by atoms with Gasteiger partial charge in [-0.05, 0) is 19.9 Å². The zero-order chi connectivity index (χ0) is 9.10. The van der Waals surface area contributed by atoms with Gasteiger partial charge in [0.1, 0.15) is 11.5 Å². The molecule has 2 rings (SSSR count). The van der Waals surface area contributed by atoms with Crippen molar-refractivity contribution in [1.82, 2.24) is 10.5 Å². The Morgan fingerprint density at radius 2 is 2.69 bits per heavy atom. The fourth-order valence-corrected chi connectivity index (χ4v) is 1.46. The van der Waals surface area contributed by atoms with Crippen LogP contribution in [0.5, 0.6) is 0 Å². The van der Waals surface area contributed by atoms with Gasteiger partial charge in [-0.1, -0.05) is 5.16 Å². The van der Waals surface area contributed by atoms with Gasteiger partial charge in [0, 0.05) is 12.6 Å². The molecule has 0 aliphatic carbocycles. The quantitative estimate of drug-likeness (QED) is 0.753. The summed E-state index contributed by atoms with van der Waals surface area (Å²) in [6, 6.07) is 1.91. The molecule has 0 aromatic carbocycles. The van der Waals surface area contributed by atoms with Gasteiger partial charge in [-0.2, -0.15) is 0 Å². The summed E-state index contributed by atoms with van der Waals surface area (Å²) in [4.78, 5) is 0. The molecule has 0 amide bonds. The maximum absolute atomic E-state index is 5.62. The van der Waals surface area contributed by atoms with Crippen molar-refractivity contribution in [2.75, 3.05) is 13.1 Å². The Labute approximate surface area is 77.2 Å². The number of nitrogens with one attached hydrogen (secondary N) is 1. The number of nitrogens with zero attached hydrogens (tertiary/aromatic N) is 1. The molecule has 0 bridgehead atoms. The van der Waals surface area contributed by atoms with E-state index in [-0.39, 0.29) is 0 Å². The van der Waals surface area contributed by atoms with Crippen LogP contribution in [0, 0.1) is 6.92 Å². The third-order valence-corrected chi connectivity index (χ3v) is 2.16. The predicted molar refractivity (Wildman–Crippen MR) is 47.3 cm³/mol. The third kappa shape index (κ3) is 2.29. The highest BCUT2D eigenvalue weighted by molar-refractivity contribution is 5.01. The van der Waals surface area contributed by atoms with Gasteiger partial charge >= 0.3 is 0 Å². The molecule has 1 aliphatic heterocycles. The Morgan fingerprint density at radius 1 is 1.77 bits per heavy atom. The number of rotatable bonds is 3. The zero-order valence-electron chi connectivity index (χ0n) is 7.75. The number of ether oxygens (including phenoxy) is 1. The molecule has 72 valence electrons. The molecule has 1 atom stereocenters. The van der Waals surface area contributed by atoms with Gasteiger partial charge in [0.05, 0.1) is 12.7 Å². The third-order valence-electron chi connectivity index (χ3n) is 2.16. The smallest absolute Gasteiger partial charge is 0.134 e. The van der Waals surface area contributed by atoms with E-state index in [1.165, 1.54) is 0 Å². The maximum atomic E-state index is 5.62. The van der Waals surface area contributed by atoms with Gasteiger partial charge < -0.3 is 14.6 Å². The summed E-state index contributed by atoms with van der Waals surface area (Å²) in [5.74, 6) is 0.836. The van der Waals surface area contributed by atoms with Crippen LogP contribution in [0.15, 0.2) is 10.6 Å². The van der Waals surface area contributed by atoms with Gasteiger partial charge in [0.25, 0.3) is 0 Å². The van der Waals surface area contributed by atoms with E-state index in [0.29, 0.717) is 12.7 Å². The van der Waals surface area contributed by atoms with Crippen LogP contribution in [0.2, 0.25) is 0 Å². The minimum absolute atomic E-state index is 0.344. The predicted octanol–water partition coefficient (Wildman–Crippen LogP) is 0.862. The average Bonchev–Trinajstić information content (AvgIpc) is 2.71. The zero-order valence-corrected chi connectivity index (χ0v) is 7.75. The second-order valence-electron chi connectivity index (χ2n) is 3.35. The standard InChI is InChI=1S/C9H14N2O2/c1-7-4-8(11-13-7)6-12-9-2-3-10-5-9/h4,9-10H,2-3,5-6H2,1H3. The Bertz CT molecular complexity index is 266. The first-order valence-electron chi connectivity index (χ1n) is 4.59. The Morgan fingerprint density at radius 3 is 3.31 bits per heavy atom. The molecule has 1 fully saturated rings. The molecule has 1 unspecified atom stereocenters. The lowest BCUT2D eigenvalue weighted by atomic mass is 10.3. The van der Waals surface area contributed by atoms with Gasteiger partial charge in [-0.25, -0.2) is 0 Å². The first-order valence-corrected chi connectivity index (χ1v) is 4.59. The monoisotopic (exact) mass is 182 g/mol. The lowest BCUT2D eigenvalue weighted by Gasteiger charge is -2.07. The largest absolute Gasteiger partial charge is 0.370 e. The summed E-state index contributed by atoms with van der Waals surface area (Å²) in [5.41, 5.74) is 0.879. The summed E-state index contributed by atoms with van der Waals surface area (Å²) >= 11 is 0. The number of aromatic nitrogens is 1. The molecule has 1 N–H and O–H groups in total. The van der Waals surface area contributed by atoms with Crippen molar-refractivity contribution in [3.8, 4) is 0 Å². The van der Waals surface area contributed by atoms with E-state index in [1.807, 2.05) is 13.0 Å². The van der Waals surface area contributed by atoms with E-state index in [4.69, 9.17) is 9.26 Å². The molecule has 1 aromatic rings. The average molecular weight is 182 g/mol. The summed E-state index contributed by atoms with van der Waals surface area (Å²) in [5, 5.41) is 7.10. The van der Waals surface area contributed by atoms with E-state index in [0.717, 1.165) is 31.0 Å². The van der Waals surface area contributed by atoms with Crippen molar-refractivity contribution >= 4 is 0 Å². The number of hydrogen-bond donors (Lipinski definition) is 1. The first-order chi connectivity index (χ1) is 6.34.